The SMILES string of the molecule is COC(=O)C1OC1c1cccs1. The molecule has 0 spiro atoms. The lowest BCUT2D eigenvalue weighted by molar-refractivity contribution is -0.142. The lowest BCUT2D eigenvalue weighted by atomic mass is 10.3. The van der Waals surface area contributed by atoms with E-state index in [1.165, 1.54) is 7.11 Å². The zero-order valence-corrected chi connectivity index (χ0v) is 7.34. The zero-order chi connectivity index (χ0) is 8.55. The number of methoxy groups -OCH3 is 1. The maximum Gasteiger partial charge on any atom is 0.338 e. The Bertz CT molecular complexity index is 281. The fraction of sp³-hybridized carbons (Fsp3) is 0.375. The van der Waals surface area contributed by atoms with E-state index in [9.17, 15) is 4.79 Å². The Kier molecular flexibility index (Phi) is 1.86. The van der Waals surface area contributed by atoms with E-state index < -0.39 is 0 Å². The van der Waals surface area contributed by atoms with Gasteiger partial charge in [0.2, 0.25) is 0 Å². The largest absolute Gasteiger partial charge is 0.467 e. The highest BCUT2D eigenvalue weighted by atomic mass is 32.1. The fourth-order valence-corrected chi connectivity index (χ4v) is 1.86. The summed E-state index contributed by atoms with van der Waals surface area (Å²) >= 11 is 1.59. The lowest BCUT2D eigenvalue weighted by Crippen LogP contribution is -2.08. The van der Waals surface area contributed by atoms with Crippen LogP contribution in [0, 0.1) is 0 Å². The predicted octanol–water partition coefficient (Wildman–Crippen LogP) is 1.36. The average molecular weight is 184 g/mol. The third kappa shape index (κ3) is 1.23. The highest BCUT2D eigenvalue weighted by molar-refractivity contribution is 7.10. The molecule has 1 aromatic rings. The number of hydrogen-bond donors (Lipinski definition) is 0. The molecule has 1 saturated heterocycles. The fourth-order valence-electron chi connectivity index (χ4n) is 1.08. The molecule has 0 aromatic carbocycles. The minimum atomic E-state index is -0.367. The van der Waals surface area contributed by atoms with Crippen molar-refractivity contribution in [1.29, 1.82) is 0 Å². The molecule has 2 heterocycles. The maximum absolute atomic E-state index is 10.9. The molecule has 64 valence electrons. The standard InChI is InChI=1S/C8H8O3S/c1-10-8(9)7-6(11-7)5-3-2-4-12-5/h2-4,6-7H,1H3. The van der Waals surface area contributed by atoms with Gasteiger partial charge in [-0.25, -0.2) is 4.79 Å². The van der Waals surface area contributed by atoms with Gasteiger partial charge in [-0.2, -0.15) is 0 Å². The molecule has 0 radical (unpaired) electrons. The summed E-state index contributed by atoms with van der Waals surface area (Å²) in [5.41, 5.74) is 0. The van der Waals surface area contributed by atoms with Gasteiger partial charge in [0.05, 0.1) is 7.11 Å². The van der Waals surface area contributed by atoms with Crippen LogP contribution in [0.2, 0.25) is 0 Å². The summed E-state index contributed by atoms with van der Waals surface area (Å²) in [7, 11) is 1.37. The van der Waals surface area contributed by atoms with E-state index in [0.717, 1.165) is 4.88 Å². The number of hydrogen-bond acceptors (Lipinski definition) is 4. The van der Waals surface area contributed by atoms with E-state index in [0.29, 0.717) is 0 Å². The third-order valence-corrected chi connectivity index (χ3v) is 2.68. The minimum Gasteiger partial charge on any atom is -0.467 e. The monoisotopic (exact) mass is 184 g/mol. The van der Waals surface area contributed by atoms with Crippen molar-refractivity contribution in [2.45, 2.75) is 12.2 Å². The molecule has 1 fully saturated rings. The van der Waals surface area contributed by atoms with Crippen molar-refractivity contribution in [2.75, 3.05) is 7.11 Å². The molecule has 0 amide bonds. The van der Waals surface area contributed by atoms with Gasteiger partial charge in [0.15, 0.2) is 6.10 Å². The second-order valence-electron chi connectivity index (χ2n) is 2.52. The zero-order valence-electron chi connectivity index (χ0n) is 6.52. The van der Waals surface area contributed by atoms with Crippen LogP contribution in [-0.2, 0) is 14.3 Å². The Balaban J connectivity index is 2.01. The normalized spacial score (nSPS) is 26.8. The van der Waals surface area contributed by atoms with Gasteiger partial charge in [-0.1, -0.05) is 6.07 Å². The van der Waals surface area contributed by atoms with Crippen molar-refractivity contribution < 1.29 is 14.3 Å². The number of rotatable bonds is 2. The Morgan fingerprint density at radius 2 is 2.58 bits per heavy atom. The Hall–Kier alpha value is -0.870. The molecular formula is C8H8O3S. The van der Waals surface area contributed by atoms with Crippen LogP contribution in [0.1, 0.15) is 11.0 Å². The summed E-state index contributed by atoms with van der Waals surface area (Å²) in [5.74, 6) is -0.284. The van der Waals surface area contributed by atoms with Crippen LogP contribution in [-0.4, -0.2) is 19.2 Å². The number of thiophene rings is 1. The maximum atomic E-state index is 10.9. The van der Waals surface area contributed by atoms with Gasteiger partial charge in [-0.3, -0.25) is 0 Å². The first-order valence-electron chi connectivity index (χ1n) is 3.59. The van der Waals surface area contributed by atoms with Crippen LogP contribution >= 0.6 is 11.3 Å². The quantitative estimate of drug-likeness (QED) is 0.514. The molecule has 1 aliphatic rings. The molecule has 3 nitrogen and oxygen atoms in total. The van der Waals surface area contributed by atoms with E-state index in [2.05, 4.69) is 4.74 Å². The molecule has 2 unspecified atom stereocenters. The van der Waals surface area contributed by atoms with Gasteiger partial charge < -0.3 is 9.47 Å². The smallest absolute Gasteiger partial charge is 0.338 e. The Morgan fingerprint density at radius 3 is 3.17 bits per heavy atom. The molecule has 1 aliphatic heterocycles. The van der Waals surface area contributed by atoms with E-state index in [1.54, 1.807) is 11.3 Å². The highest BCUT2D eigenvalue weighted by Crippen LogP contribution is 2.41. The summed E-state index contributed by atoms with van der Waals surface area (Å²) in [4.78, 5) is 12.0. The molecular weight excluding hydrogens is 176 g/mol. The first-order chi connectivity index (χ1) is 5.83. The van der Waals surface area contributed by atoms with E-state index in [1.807, 2.05) is 17.5 Å². The van der Waals surface area contributed by atoms with Crippen LogP contribution in [0.4, 0.5) is 0 Å². The van der Waals surface area contributed by atoms with Crippen LogP contribution in [0.3, 0.4) is 0 Å². The second kappa shape index (κ2) is 2.88. The van der Waals surface area contributed by atoms with Gasteiger partial charge in [0.1, 0.15) is 6.10 Å². The van der Waals surface area contributed by atoms with Gasteiger partial charge in [0.25, 0.3) is 0 Å². The van der Waals surface area contributed by atoms with Gasteiger partial charge in [-0.15, -0.1) is 11.3 Å². The van der Waals surface area contributed by atoms with E-state index in [4.69, 9.17) is 4.74 Å². The molecule has 0 saturated carbocycles. The average Bonchev–Trinajstić information content (AvgIpc) is 2.71. The number of ether oxygens (including phenoxy) is 2. The summed E-state index contributed by atoms with van der Waals surface area (Å²) in [6.07, 6.45) is -0.425. The number of carbonyl (C=O) groups excluding carboxylic acids is 1. The van der Waals surface area contributed by atoms with E-state index >= 15 is 0 Å². The summed E-state index contributed by atoms with van der Waals surface area (Å²) in [5, 5.41) is 1.96. The molecule has 1 aromatic heterocycles. The Labute approximate surface area is 73.9 Å². The van der Waals surface area contributed by atoms with Crippen molar-refractivity contribution >= 4 is 17.3 Å². The van der Waals surface area contributed by atoms with Crippen molar-refractivity contribution in [2.24, 2.45) is 0 Å². The lowest BCUT2D eigenvalue weighted by Gasteiger charge is -1.90. The van der Waals surface area contributed by atoms with E-state index in [-0.39, 0.29) is 18.2 Å². The third-order valence-electron chi connectivity index (χ3n) is 1.75. The van der Waals surface area contributed by atoms with Crippen molar-refractivity contribution in [1.82, 2.24) is 0 Å². The van der Waals surface area contributed by atoms with Gasteiger partial charge >= 0.3 is 5.97 Å². The van der Waals surface area contributed by atoms with Crippen molar-refractivity contribution in [3.63, 3.8) is 0 Å². The van der Waals surface area contributed by atoms with Crippen LogP contribution in [0.5, 0.6) is 0 Å². The van der Waals surface area contributed by atoms with Crippen molar-refractivity contribution in [3.05, 3.63) is 22.4 Å². The van der Waals surface area contributed by atoms with Crippen molar-refractivity contribution in [3.8, 4) is 0 Å². The molecule has 4 heteroatoms. The molecule has 12 heavy (non-hydrogen) atoms. The topological polar surface area (TPSA) is 38.8 Å². The van der Waals surface area contributed by atoms with Crippen LogP contribution < -0.4 is 0 Å². The molecule has 0 bridgehead atoms. The van der Waals surface area contributed by atoms with Crippen LogP contribution in [0.25, 0.3) is 0 Å². The molecule has 0 N–H and O–H groups in total. The number of esters is 1. The predicted molar refractivity (Wildman–Crippen MR) is 43.9 cm³/mol. The summed E-state index contributed by atoms with van der Waals surface area (Å²) < 4.78 is 9.69. The summed E-state index contributed by atoms with van der Waals surface area (Å²) in [6, 6.07) is 3.90. The van der Waals surface area contributed by atoms with Gasteiger partial charge in [0, 0.05) is 4.88 Å². The first-order valence-corrected chi connectivity index (χ1v) is 4.47. The van der Waals surface area contributed by atoms with Gasteiger partial charge in [-0.05, 0) is 11.4 Å². The molecule has 2 atom stereocenters. The number of epoxide rings is 1. The highest BCUT2D eigenvalue weighted by Gasteiger charge is 2.47. The number of carbonyl (C=O) groups is 1. The van der Waals surface area contributed by atoms with Crippen LogP contribution in [0.15, 0.2) is 17.5 Å². The Morgan fingerprint density at radius 1 is 1.75 bits per heavy atom. The molecule has 0 aliphatic carbocycles. The molecule has 2 rings (SSSR count). The minimum absolute atomic E-state index is 0.0579. The summed E-state index contributed by atoms with van der Waals surface area (Å²) in [6.45, 7) is 0. The first kappa shape index (κ1) is 7.76. The second-order valence-corrected chi connectivity index (χ2v) is 3.50.